The molecule has 0 unspecified atom stereocenters. The maximum Gasteiger partial charge on any atom is 0.317 e. The molecule has 22 heavy (non-hydrogen) atoms. The van der Waals surface area contributed by atoms with Crippen molar-refractivity contribution in [3.05, 3.63) is 41.5 Å². The van der Waals surface area contributed by atoms with Crippen LogP contribution in [0.2, 0.25) is 0 Å². The van der Waals surface area contributed by atoms with Gasteiger partial charge >= 0.3 is 5.97 Å². The Kier molecular flexibility index (Phi) is 4.17. The predicted molar refractivity (Wildman–Crippen MR) is 79.9 cm³/mol. The second-order valence-corrected chi connectivity index (χ2v) is 6.00. The lowest BCUT2D eigenvalue weighted by atomic mass is 9.65. The van der Waals surface area contributed by atoms with E-state index in [-0.39, 0.29) is 17.8 Å². The number of aliphatic hydroxyl groups excluding tert-OH is 1. The summed E-state index contributed by atoms with van der Waals surface area (Å²) in [5, 5.41) is 10.3. The predicted octanol–water partition coefficient (Wildman–Crippen LogP) is 2.31. The highest BCUT2D eigenvalue weighted by molar-refractivity contribution is 6.30. The molecule has 1 N–H and O–H groups in total. The quantitative estimate of drug-likeness (QED) is 0.298. The fourth-order valence-electron chi connectivity index (χ4n) is 2.77. The fourth-order valence-corrected chi connectivity index (χ4v) is 2.77. The zero-order chi connectivity index (χ0) is 16.5. The summed E-state index contributed by atoms with van der Waals surface area (Å²) in [6.45, 7) is 3.33. The average molecular weight is 302 g/mol. The van der Waals surface area contributed by atoms with Gasteiger partial charge in [-0.1, -0.05) is 44.2 Å². The normalized spacial score (nSPS) is 23.1. The molecule has 0 aliphatic heterocycles. The number of hydrogen-bond donors (Lipinski definition) is 1. The second kappa shape index (κ2) is 5.75. The lowest BCUT2D eigenvalue weighted by Crippen LogP contribution is -2.46. The van der Waals surface area contributed by atoms with Crippen LogP contribution in [0.25, 0.3) is 5.76 Å². The van der Waals surface area contributed by atoms with Crippen molar-refractivity contribution in [3.8, 4) is 0 Å². The summed E-state index contributed by atoms with van der Waals surface area (Å²) < 4.78 is 4.69. The van der Waals surface area contributed by atoms with Gasteiger partial charge in [-0.25, -0.2) is 0 Å². The Bertz CT molecular complexity index is 655. The number of benzene rings is 1. The number of rotatable bonds is 2. The molecule has 0 radical (unpaired) electrons. The van der Waals surface area contributed by atoms with E-state index in [1.54, 1.807) is 44.2 Å². The number of aliphatic hydroxyl groups is 1. The molecular weight excluding hydrogens is 284 g/mol. The third kappa shape index (κ3) is 2.66. The zero-order valence-corrected chi connectivity index (χ0v) is 12.8. The van der Waals surface area contributed by atoms with E-state index >= 15 is 0 Å². The molecule has 2 rings (SSSR count). The van der Waals surface area contributed by atoms with E-state index in [0.717, 1.165) is 0 Å². The SMILES string of the molecule is COC(=O)[C@H]1C(=O)C(=C(O)c2ccccc2)C(=O)CC1(C)C. The van der Waals surface area contributed by atoms with Crippen molar-refractivity contribution in [2.24, 2.45) is 11.3 Å². The standard InChI is InChI=1S/C17H18O5/c1-17(2)9-11(18)12(15(20)13(17)16(21)22-3)14(19)10-7-5-4-6-8-10/h4-8,13,19H,9H2,1-3H3/t13-/m1/s1. The largest absolute Gasteiger partial charge is 0.506 e. The van der Waals surface area contributed by atoms with Crippen molar-refractivity contribution in [2.45, 2.75) is 20.3 Å². The van der Waals surface area contributed by atoms with Gasteiger partial charge in [-0.2, -0.15) is 0 Å². The summed E-state index contributed by atoms with van der Waals surface area (Å²) in [5.41, 5.74) is -0.801. The second-order valence-electron chi connectivity index (χ2n) is 6.00. The lowest BCUT2D eigenvalue weighted by molar-refractivity contribution is -0.155. The summed E-state index contributed by atoms with van der Waals surface area (Å²) >= 11 is 0. The van der Waals surface area contributed by atoms with Crippen LogP contribution in [-0.2, 0) is 19.1 Å². The van der Waals surface area contributed by atoms with E-state index in [1.807, 2.05) is 0 Å². The monoisotopic (exact) mass is 302 g/mol. The molecule has 1 fully saturated rings. The van der Waals surface area contributed by atoms with Crippen molar-refractivity contribution >= 4 is 23.3 Å². The number of methoxy groups -OCH3 is 1. The highest BCUT2D eigenvalue weighted by Crippen LogP contribution is 2.41. The zero-order valence-electron chi connectivity index (χ0n) is 12.8. The smallest absolute Gasteiger partial charge is 0.317 e. The van der Waals surface area contributed by atoms with Crippen LogP contribution in [0.5, 0.6) is 0 Å². The molecule has 1 saturated carbocycles. The van der Waals surface area contributed by atoms with Gasteiger partial charge in [0.15, 0.2) is 11.6 Å². The van der Waals surface area contributed by atoms with E-state index < -0.39 is 28.9 Å². The summed E-state index contributed by atoms with van der Waals surface area (Å²) in [6.07, 6.45) is -0.00919. The number of ether oxygens (including phenoxy) is 1. The number of ketones is 2. The van der Waals surface area contributed by atoms with Crippen LogP contribution in [0.4, 0.5) is 0 Å². The van der Waals surface area contributed by atoms with E-state index in [1.165, 1.54) is 7.11 Å². The Morgan fingerprint density at radius 3 is 2.36 bits per heavy atom. The van der Waals surface area contributed by atoms with Crippen molar-refractivity contribution in [1.82, 2.24) is 0 Å². The molecule has 0 saturated heterocycles. The first-order valence-electron chi connectivity index (χ1n) is 6.93. The van der Waals surface area contributed by atoms with Crippen molar-refractivity contribution in [1.29, 1.82) is 0 Å². The molecule has 1 aliphatic carbocycles. The lowest BCUT2D eigenvalue weighted by Gasteiger charge is -2.35. The molecular formula is C17H18O5. The summed E-state index contributed by atoms with van der Waals surface area (Å²) in [7, 11) is 1.20. The Morgan fingerprint density at radius 1 is 1.23 bits per heavy atom. The number of Topliss-reactive ketones (excluding diaryl/α,β-unsaturated/α-hetero) is 2. The van der Waals surface area contributed by atoms with E-state index in [2.05, 4.69) is 4.74 Å². The maximum absolute atomic E-state index is 12.6. The van der Waals surface area contributed by atoms with E-state index in [9.17, 15) is 19.5 Å². The van der Waals surface area contributed by atoms with Gasteiger partial charge in [0.25, 0.3) is 0 Å². The van der Waals surface area contributed by atoms with Crippen LogP contribution in [-0.4, -0.2) is 29.8 Å². The molecule has 0 amide bonds. The van der Waals surface area contributed by atoms with Crippen LogP contribution < -0.4 is 0 Å². The summed E-state index contributed by atoms with van der Waals surface area (Å²) in [6, 6.07) is 8.31. The van der Waals surface area contributed by atoms with Gasteiger partial charge in [0.2, 0.25) is 0 Å². The van der Waals surface area contributed by atoms with Crippen molar-refractivity contribution in [2.75, 3.05) is 7.11 Å². The van der Waals surface area contributed by atoms with Crippen LogP contribution in [0.3, 0.4) is 0 Å². The maximum atomic E-state index is 12.6. The van der Waals surface area contributed by atoms with Gasteiger partial charge < -0.3 is 9.84 Å². The van der Waals surface area contributed by atoms with Crippen molar-refractivity contribution < 1.29 is 24.2 Å². The van der Waals surface area contributed by atoms with Gasteiger partial charge in [-0.15, -0.1) is 0 Å². The minimum absolute atomic E-state index is 0.00919. The minimum Gasteiger partial charge on any atom is -0.506 e. The Labute approximate surface area is 128 Å². The first-order chi connectivity index (χ1) is 10.3. The highest BCUT2D eigenvalue weighted by Gasteiger charge is 2.50. The molecule has 5 heteroatoms. The fraction of sp³-hybridized carbons (Fsp3) is 0.353. The van der Waals surface area contributed by atoms with Crippen LogP contribution in [0.1, 0.15) is 25.8 Å². The van der Waals surface area contributed by atoms with E-state index in [0.29, 0.717) is 5.56 Å². The van der Waals surface area contributed by atoms with Crippen molar-refractivity contribution in [3.63, 3.8) is 0 Å². The van der Waals surface area contributed by atoms with Crippen LogP contribution >= 0.6 is 0 Å². The van der Waals surface area contributed by atoms with Gasteiger partial charge in [-0.05, 0) is 5.41 Å². The topological polar surface area (TPSA) is 80.7 Å². The molecule has 5 nitrogen and oxygen atoms in total. The molecule has 1 aliphatic rings. The third-order valence-corrected chi connectivity index (χ3v) is 3.91. The Balaban J connectivity index is 2.55. The molecule has 0 spiro atoms. The first kappa shape index (κ1) is 15.9. The molecule has 116 valence electrons. The highest BCUT2D eigenvalue weighted by atomic mass is 16.5. The van der Waals surface area contributed by atoms with Gasteiger partial charge in [0, 0.05) is 12.0 Å². The molecule has 0 aromatic heterocycles. The number of allylic oxidation sites excluding steroid dienone is 1. The molecule has 1 atom stereocenters. The van der Waals surface area contributed by atoms with Crippen LogP contribution in [0, 0.1) is 11.3 Å². The average Bonchev–Trinajstić information content (AvgIpc) is 2.46. The van der Waals surface area contributed by atoms with E-state index in [4.69, 9.17) is 0 Å². The molecule has 0 heterocycles. The minimum atomic E-state index is -1.10. The van der Waals surface area contributed by atoms with Gasteiger partial charge in [-0.3, -0.25) is 14.4 Å². The summed E-state index contributed by atoms with van der Waals surface area (Å²) in [4.78, 5) is 36.9. The molecule has 1 aromatic rings. The number of hydrogen-bond acceptors (Lipinski definition) is 5. The number of carbonyl (C=O) groups excluding carboxylic acids is 3. The number of esters is 1. The third-order valence-electron chi connectivity index (χ3n) is 3.91. The van der Waals surface area contributed by atoms with Gasteiger partial charge in [0.05, 0.1) is 7.11 Å². The summed E-state index contributed by atoms with van der Waals surface area (Å²) in [5.74, 6) is -3.33. The molecule has 0 bridgehead atoms. The number of carbonyl (C=O) groups is 3. The first-order valence-corrected chi connectivity index (χ1v) is 6.93. The Hall–Kier alpha value is -2.43. The molecule has 1 aromatic carbocycles. The van der Waals surface area contributed by atoms with Crippen LogP contribution in [0.15, 0.2) is 35.9 Å². The Morgan fingerprint density at radius 2 is 1.82 bits per heavy atom. The van der Waals surface area contributed by atoms with Gasteiger partial charge in [0.1, 0.15) is 17.3 Å².